The highest BCUT2D eigenvalue weighted by Gasteiger charge is 2.21. The van der Waals surface area contributed by atoms with Crippen LogP contribution in [0.15, 0.2) is 61.2 Å². The minimum Gasteiger partial charge on any atom is -0.316 e. The van der Waals surface area contributed by atoms with E-state index in [1.807, 2.05) is 0 Å². The molecular formula is C16H13N7O6. The average Bonchev–Trinajstić information content (AvgIpc) is 3.22. The highest BCUT2D eigenvalue weighted by molar-refractivity contribution is 5.64. The van der Waals surface area contributed by atoms with E-state index in [1.54, 1.807) is 10.8 Å². The Hall–Kier alpha value is -4.39. The normalized spacial score (nSPS) is 11.6. The van der Waals surface area contributed by atoms with Gasteiger partial charge in [-0.15, -0.1) is 0 Å². The lowest BCUT2D eigenvalue weighted by Gasteiger charge is -2.21. The number of rotatable bonds is 8. The molecule has 1 aromatic heterocycles. The van der Waals surface area contributed by atoms with Crippen LogP contribution in [0.1, 0.15) is 11.7 Å². The molecule has 13 heteroatoms. The van der Waals surface area contributed by atoms with Gasteiger partial charge in [0.1, 0.15) is 11.9 Å². The van der Waals surface area contributed by atoms with E-state index in [0.29, 0.717) is 5.56 Å². The summed E-state index contributed by atoms with van der Waals surface area (Å²) in [4.78, 5) is 34.9. The first-order valence-corrected chi connectivity index (χ1v) is 8.03. The number of nitro benzene ring substituents is 3. The maximum absolute atomic E-state index is 11.3. The zero-order valence-electron chi connectivity index (χ0n) is 14.5. The number of hydrogen-bond donors (Lipinski definition) is 2. The quantitative estimate of drug-likeness (QED) is 0.426. The third-order valence-corrected chi connectivity index (χ3v) is 3.98. The van der Waals surface area contributed by atoms with Gasteiger partial charge < -0.3 is 9.99 Å². The molecule has 148 valence electrons. The molecule has 0 aliphatic carbocycles. The van der Waals surface area contributed by atoms with Gasteiger partial charge in [0.2, 0.25) is 0 Å². The zero-order chi connectivity index (χ0) is 21.0. The van der Waals surface area contributed by atoms with E-state index in [1.165, 1.54) is 42.9 Å². The fourth-order valence-corrected chi connectivity index (χ4v) is 2.57. The predicted molar refractivity (Wildman–Crippen MR) is 100.0 cm³/mol. The van der Waals surface area contributed by atoms with Gasteiger partial charge in [-0.25, -0.2) is 10.4 Å². The Morgan fingerprint density at radius 3 is 2.10 bits per heavy atom. The van der Waals surface area contributed by atoms with Crippen LogP contribution in [0.5, 0.6) is 0 Å². The highest BCUT2D eigenvalue weighted by atomic mass is 16.6. The molecule has 29 heavy (non-hydrogen) atoms. The number of nitrogens with zero attached hydrogens (tertiary/aromatic N) is 5. The Morgan fingerprint density at radius 2 is 1.55 bits per heavy atom. The predicted octanol–water partition coefficient (Wildman–Crippen LogP) is 2.77. The van der Waals surface area contributed by atoms with Crippen molar-refractivity contribution in [1.82, 2.24) is 15.0 Å². The van der Waals surface area contributed by atoms with E-state index >= 15 is 0 Å². The molecule has 0 fully saturated rings. The smallest absolute Gasteiger partial charge is 0.300 e. The van der Waals surface area contributed by atoms with Crippen molar-refractivity contribution in [2.45, 2.75) is 6.17 Å². The van der Waals surface area contributed by atoms with Crippen molar-refractivity contribution in [3.05, 3.63) is 97.1 Å². The van der Waals surface area contributed by atoms with Crippen LogP contribution in [0.25, 0.3) is 0 Å². The number of nitro groups is 3. The Morgan fingerprint density at radius 1 is 0.897 bits per heavy atom. The summed E-state index contributed by atoms with van der Waals surface area (Å²) in [6, 6.07) is 8.91. The lowest BCUT2D eigenvalue weighted by atomic mass is 10.1. The molecule has 0 radical (unpaired) electrons. The van der Waals surface area contributed by atoms with Crippen molar-refractivity contribution in [2.24, 2.45) is 0 Å². The van der Waals surface area contributed by atoms with Gasteiger partial charge in [-0.05, 0) is 23.8 Å². The van der Waals surface area contributed by atoms with Crippen molar-refractivity contribution in [3.8, 4) is 0 Å². The summed E-state index contributed by atoms with van der Waals surface area (Å²) in [6.07, 6.45) is 4.01. The number of benzene rings is 2. The molecule has 0 amide bonds. The molecule has 1 unspecified atom stereocenters. The van der Waals surface area contributed by atoms with Gasteiger partial charge in [0, 0.05) is 30.6 Å². The minimum absolute atomic E-state index is 0.00706. The number of non-ortho nitro benzene ring substituents is 2. The summed E-state index contributed by atoms with van der Waals surface area (Å²) in [5.41, 5.74) is 5.19. The fourth-order valence-electron chi connectivity index (χ4n) is 2.57. The van der Waals surface area contributed by atoms with Crippen molar-refractivity contribution in [2.75, 3.05) is 5.43 Å². The van der Waals surface area contributed by atoms with E-state index in [4.69, 9.17) is 0 Å². The summed E-state index contributed by atoms with van der Waals surface area (Å²) in [5.74, 6) is 0. The maximum atomic E-state index is 11.3. The molecular weight excluding hydrogens is 386 g/mol. The summed E-state index contributed by atoms with van der Waals surface area (Å²) in [7, 11) is 0. The molecule has 0 bridgehead atoms. The van der Waals surface area contributed by atoms with Gasteiger partial charge in [0.05, 0.1) is 27.2 Å². The van der Waals surface area contributed by atoms with Gasteiger partial charge >= 0.3 is 5.69 Å². The number of nitrogens with one attached hydrogen (secondary N) is 2. The maximum Gasteiger partial charge on any atom is 0.300 e. The lowest BCUT2D eigenvalue weighted by Crippen LogP contribution is -2.32. The first-order chi connectivity index (χ1) is 13.9. The fraction of sp³-hybridized carbons (Fsp3) is 0.0625. The third-order valence-electron chi connectivity index (χ3n) is 3.98. The van der Waals surface area contributed by atoms with Crippen LogP contribution in [0, 0.1) is 30.3 Å². The van der Waals surface area contributed by atoms with E-state index in [9.17, 15) is 30.3 Å². The summed E-state index contributed by atoms with van der Waals surface area (Å²) in [6.45, 7) is 0. The molecule has 0 aliphatic rings. The van der Waals surface area contributed by atoms with Crippen molar-refractivity contribution >= 4 is 22.7 Å². The molecule has 3 rings (SSSR count). The molecule has 0 aliphatic heterocycles. The topological polar surface area (TPSA) is 171 Å². The van der Waals surface area contributed by atoms with Gasteiger partial charge in [0.25, 0.3) is 11.4 Å². The lowest BCUT2D eigenvalue weighted by molar-refractivity contribution is -0.393. The van der Waals surface area contributed by atoms with Gasteiger partial charge in [0.15, 0.2) is 0 Å². The first-order valence-electron chi connectivity index (χ1n) is 8.03. The van der Waals surface area contributed by atoms with Crippen molar-refractivity contribution in [1.29, 1.82) is 0 Å². The Balaban J connectivity index is 1.89. The number of hydrogen-bond acceptors (Lipinski definition) is 9. The van der Waals surface area contributed by atoms with Crippen molar-refractivity contribution in [3.63, 3.8) is 0 Å². The molecule has 1 heterocycles. The van der Waals surface area contributed by atoms with Crippen LogP contribution in [0.4, 0.5) is 22.7 Å². The van der Waals surface area contributed by atoms with Crippen LogP contribution in [-0.2, 0) is 0 Å². The Labute approximate surface area is 162 Å². The average molecular weight is 399 g/mol. The number of anilines is 1. The SMILES string of the molecule is O=[N+]([O-])c1ccc(C(NNc2ccc([N+](=O)[O-])cc2[N+](=O)[O-])n2ccnc2)cc1. The van der Waals surface area contributed by atoms with Crippen molar-refractivity contribution < 1.29 is 14.8 Å². The van der Waals surface area contributed by atoms with E-state index in [0.717, 1.165) is 12.1 Å². The van der Waals surface area contributed by atoms with E-state index < -0.39 is 32.3 Å². The molecule has 1 atom stereocenters. The summed E-state index contributed by atoms with van der Waals surface area (Å²) < 4.78 is 1.63. The van der Waals surface area contributed by atoms with Crippen LogP contribution < -0.4 is 10.9 Å². The first kappa shape index (κ1) is 19.4. The van der Waals surface area contributed by atoms with Gasteiger partial charge in [-0.1, -0.05) is 0 Å². The minimum atomic E-state index is -0.741. The molecule has 13 nitrogen and oxygen atoms in total. The second-order valence-electron chi connectivity index (χ2n) is 5.75. The van der Waals surface area contributed by atoms with Gasteiger partial charge in [-0.2, -0.15) is 0 Å². The number of hydrazine groups is 1. The molecule has 3 aromatic rings. The Bertz CT molecular complexity index is 1050. The highest BCUT2D eigenvalue weighted by Crippen LogP contribution is 2.29. The summed E-state index contributed by atoms with van der Waals surface area (Å²) in [5, 5.41) is 33.0. The second kappa shape index (κ2) is 8.10. The third kappa shape index (κ3) is 4.30. The summed E-state index contributed by atoms with van der Waals surface area (Å²) >= 11 is 0. The monoisotopic (exact) mass is 399 g/mol. The van der Waals surface area contributed by atoms with Crippen LogP contribution in [0.3, 0.4) is 0 Å². The zero-order valence-corrected chi connectivity index (χ0v) is 14.5. The van der Waals surface area contributed by atoms with Crippen LogP contribution in [-0.4, -0.2) is 24.3 Å². The molecule has 2 N–H and O–H groups in total. The molecule has 0 saturated carbocycles. The van der Waals surface area contributed by atoms with Crippen LogP contribution in [0.2, 0.25) is 0 Å². The van der Waals surface area contributed by atoms with Gasteiger partial charge in [-0.3, -0.25) is 30.3 Å². The number of imidazole rings is 1. The Kier molecular flexibility index (Phi) is 5.41. The number of aromatic nitrogens is 2. The molecule has 2 aromatic carbocycles. The van der Waals surface area contributed by atoms with E-state index in [2.05, 4.69) is 15.8 Å². The standard InChI is InChI=1S/C16H13N7O6/c24-21(25)12-3-1-11(2-4-12)16(20-8-7-17-10-20)19-18-14-6-5-13(22(26)27)9-15(14)23(28)29/h1-10,16,18-19H. The molecule has 0 spiro atoms. The second-order valence-corrected chi connectivity index (χ2v) is 5.75. The molecule has 0 saturated heterocycles. The largest absolute Gasteiger partial charge is 0.316 e. The van der Waals surface area contributed by atoms with Crippen LogP contribution >= 0.6 is 0 Å². The van der Waals surface area contributed by atoms with E-state index in [-0.39, 0.29) is 11.4 Å².